The SMILES string of the molecule is C=C(C)COc1cc2c(cc1/C=C/C(=O)O)OCO2. The molecule has 1 aliphatic rings. The van der Waals surface area contributed by atoms with Crippen LogP contribution >= 0.6 is 0 Å². The van der Waals surface area contributed by atoms with Crippen LogP contribution in [0.3, 0.4) is 0 Å². The van der Waals surface area contributed by atoms with E-state index >= 15 is 0 Å². The van der Waals surface area contributed by atoms with Crippen molar-refractivity contribution in [2.24, 2.45) is 0 Å². The Morgan fingerprint density at radius 3 is 2.79 bits per heavy atom. The fraction of sp³-hybridized carbons (Fsp3) is 0.214. The van der Waals surface area contributed by atoms with Crippen molar-refractivity contribution in [3.05, 3.63) is 35.9 Å². The Balaban J connectivity index is 2.31. The number of fused-ring (bicyclic) bond motifs is 1. The molecule has 0 amide bonds. The first kappa shape index (κ1) is 13.0. The topological polar surface area (TPSA) is 65.0 Å². The van der Waals surface area contributed by atoms with Crippen LogP contribution in [0, 0.1) is 0 Å². The number of aliphatic carboxylic acids is 1. The van der Waals surface area contributed by atoms with Crippen LogP contribution in [0.25, 0.3) is 6.08 Å². The van der Waals surface area contributed by atoms with Gasteiger partial charge in [0.05, 0.1) is 0 Å². The van der Waals surface area contributed by atoms with Crippen molar-refractivity contribution in [1.82, 2.24) is 0 Å². The Morgan fingerprint density at radius 1 is 1.47 bits per heavy atom. The summed E-state index contributed by atoms with van der Waals surface area (Å²) in [5.74, 6) is 0.671. The molecule has 0 fully saturated rings. The number of carbonyl (C=O) groups is 1. The van der Waals surface area contributed by atoms with Gasteiger partial charge in [-0.15, -0.1) is 0 Å². The molecule has 2 rings (SSSR count). The number of hydrogen-bond donors (Lipinski definition) is 1. The second kappa shape index (κ2) is 5.48. The zero-order valence-electron chi connectivity index (χ0n) is 10.5. The van der Waals surface area contributed by atoms with Gasteiger partial charge in [0.15, 0.2) is 11.5 Å². The lowest BCUT2D eigenvalue weighted by atomic mass is 10.1. The van der Waals surface area contributed by atoms with E-state index in [0.717, 1.165) is 11.6 Å². The van der Waals surface area contributed by atoms with Gasteiger partial charge in [0.2, 0.25) is 6.79 Å². The van der Waals surface area contributed by atoms with E-state index in [9.17, 15) is 4.79 Å². The molecule has 1 heterocycles. The molecule has 0 aliphatic carbocycles. The fourth-order valence-electron chi connectivity index (χ4n) is 1.56. The number of rotatable bonds is 5. The van der Waals surface area contributed by atoms with E-state index in [0.29, 0.717) is 29.4 Å². The highest BCUT2D eigenvalue weighted by atomic mass is 16.7. The van der Waals surface area contributed by atoms with Gasteiger partial charge in [-0.2, -0.15) is 0 Å². The average molecular weight is 262 g/mol. The van der Waals surface area contributed by atoms with Crippen molar-refractivity contribution in [3.8, 4) is 17.2 Å². The quantitative estimate of drug-likeness (QED) is 0.652. The molecule has 0 unspecified atom stereocenters. The van der Waals surface area contributed by atoms with Crippen LogP contribution in [0.4, 0.5) is 0 Å². The van der Waals surface area contributed by atoms with E-state index in [1.165, 1.54) is 6.08 Å². The summed E-state index contributed by atoms with van der Waals surface area (Å²) in [7, 11) is 0. The second-order valence-electron chi connectivity index (χ2n) is 4.16. The first-order chi connectivity index (χ1) is 9.06. The largest absolute Gasteiger partial charge is 0.489 e. The van der Waals surface area contributed by atoms with E-state index in [1.807, 2.05) is 6.92 Å². The first-order valence-electron chi connectivity index (χ1n) is 5.68. The Labute approximate surface area is 110 Å². The molecule has 0 aromatic heterocycles. The highest BCUT2D eigenvalue weighted by Gasteiger charge is 2.17. The molecule has 19 heavy (non-hydrogen) atoms. The van der Waals surface area contributed by atoms with Crippen LogP contribution in [0.2, 0.25) is 0 Å². The summed E-state index contributed by atoms with van der Waals surface area (Å²) < 4.78 is 16.1. The molecule has 0 atom stereocenters. The number of hydrogen-bond acceptors (Lipinski definition) is 4. The molecule has 1 aliphatic heterocycles. The van der Waals surface area contributed by atoms with E-state index in [2.05, 4.69) is 6.58 Å². The molecule has 0 saturated heterocycles. The van der Waals surface area contributed by atoms with Gasteiger partial charge in [-0.1, -0.05) is 6.58 Å². The van der Waals surface area contributed by atoms with E-state index in [1.54, 1.807) is 12.1 Å². The zero-order chi connectivity index (χ0) is 13.8. The minimum atomic E-state index is -1.02. The Bertz CT molecular complexity index is 545. The van der Waals surface area contributed by atoms with Gasteiger partial charge in [-0.3, -0.25) is 0 Å². The lowest BCUT2D eigenvalue weighted by Gasteiger charge is -2.10. The lowest BCUT2D eigenvalue weighted by molar-refractivity contribution is -0.131. The van der Waals surface area contributed by atoms with Crippen molar-refractivity contribution in [3.63, 3.8) is 0 Å². The predicted octanol–water partition coefficient (Wildman–Crippen LogP) is 2.47. The molecule has 0 spiro atoms. The summed E-state index contributed by atoms with van der Waals surface area (Å²) in [5, 5.41) is 8.68. The molecular formula is C14H14O5. The Morgan fingerprint density at radius 2 is 2.16 bits per heavy atom. The summed E-state index contributed by atoms with van der Waals surface area (Å²) in [6, 6.07) is 3.38. The first-order valence-corrected chi connectivity index (χ1v) is 5.68. The van der Waals surface area contributed by atoms with Crippen molar-refractivity contribution in [1.29, 1.82) is 0 Å². The minimum absolute atomic E-state index is 0.154. The lowest BCUT2D eigenvalue weighted by Crippen LogP contribution is -1.99. The molecule has 0 bridgehead atoms. The number of ether oxygens (including phenoxy) is 3. The van der Waals surface area contributed by atoms with Crippen molar-refractivity contribution < 1.29 is 24.1 Å². The fourth-order valence-corrected chi connectivity index (χ4v) is 1.56. The molecule has 100 valence electrons. The monoisotopic (exact) mass is 262 g/mol. The van der Waals surface area contributed by atoms with E-state index < -0.39 is 5.97 Å². The highest BCUT2D eigenvalue weighted by Crippen LogP contribution is 2.38. The third kappa shape index (κ3) is 3.28. The standard InChI is InChI=1S/C14H14O5/c1-9(2)7-17-11-6-13-12(18-8-19-13)5-10(11)3-4-14(15)16/h3-6H,1,7-8H2,2H3,(H,15,16)/b4-3+. The zero-order valence-corrected chi connectivity index (χ0v) is 10.5. The van der Waals surface area contributed by atoms with Crippen molar-refractivity contribution in [2.75, 3.05) is 13.4 Å². The van der Waals surface area contributed by atoms with Crippen molar-refractivity contribution >= 4 is 12.0 Å². The Hall–Kier alpha value is -2.43. The molecule has 1 aromatic carbocycles. The second-order valence-corrected chi connectivity index (χ2v) is 4.16. The summed E-state index contributed by atoms with van der Waals surface area (Å²) in [4.78, 5) is 10.6. The smallest absolute Gasteiger partial charge is 0.328 e. The van der Waals surface area contributed by atoms with Gasteiger partial charge in [0, 0.05) is 17.7 Å². The van der Waals surface area contributed by atoms with Crippen LogP contribution in [-0.4, -0.2) is 24.5 Å². The third-order valence-electron chi connectivity index (χ3n) is 2.38. The van der Waals surface area contributed by atoms with Crippen LogP contribution in [0.15, 0.2) is 30.4 Å². The van der Waals surface area contributed by atoms with Gasteiger partial charge in [0.1, 0.15) is 12.4 Å². The molecule has 1 N–H and O–H groups in total. The van der Waals surface area contributed by atoms with Crippen LogP contribution in [-0.2, 0) is 4.79 Å². The normalized spacial score (nSPS) is 12.7. The number of carboxylic acid groups (broad SMARTS) is 1. The molecule has 0 radical (unpaired) electrons. The van der Waals surface area contributed by atoms with Crippen molar-refractivity contribution in [2.45, 2.75) is 6.92 Å². The van der Waals surface area contributed by atoms with E-state index in [4.69, 9.17) is 19.3 Å². The van der Waals surface area contributed by atoms with E-state index in [-0.39, 0.29) is 6.79 Å². The number of carboxylic acids is 1. The summed E-state index contributed by atoms with van der Waals surface area (Å²) in [6.07, 6.45) is 2.50. The summed E-state index contributed by atoms with van der Waals surface area (Å²) >= 11 is 0. The van der Waals surface area contributed by atoms with Gasteiger partial charge < -0.3 is 19.3 Å². The van der Waals surface area contributed by atoms with Gasteiger partial charge in [-0.05, 0) is 24.6 Å². The number of benzene rings is 1. The van der Waals surface area contributed by atoms with Gasteiger partial charge >= 0.3 is 5.97 Å². The average Bonchev–Trinajstić information content (AvgIpc) is 2.79. The molecule has 5 heteroatoms. The third-order valence-corrected chi connectivity index (χ3v) is 2.38. The Kier molecular flexibility index (Phi) is 3.75. The van der Waals surface area contributed by atoms with Gasteiger partial charge in [0.25, 0.3) is 0 Å². The molecular weight excluding hydrogens is 248 g/mol. The van der Waals surface area contributed by atoms with Crippen LogP contribution < -0.4 is 14.2 Å². The van der Waals surface area contributed by atoms with Crippen LogP contribution in [0.5, 0.6) is 17.2 Å². The summed E-state index contributed by atoms with van der Waals surface area (Å²) in [6.45, 7) is 6.11. The maximum absolute atomic E-state index is 10.6. The maximum atomic E-state index is 10.6. The molecule has 5 nitrogen and oxygen atoms in total. The predicted molar refractivity (Wildman–Crippen MR) is 69.5 cm³/mol. The van der Waals surface area contributed by atoms with Crippen LogP contribution in [0.1, 0.15) is 12.5 Å². The minimum Gasteiger partial charge on any atom is -0.489 e. The molecule has 0 saturated carbocycles. The maximum Gasteiger partial charge on any atom is 0.328 e. The molecule has 1 aromatic rings. The van der Waals surface area contributed by atoms with Gasteiger partial charge in [-0.25, -0.2) is 4.79 Å². The highest BCUT2D eigenvalue weighted by molar-refractivity contribution is 5.86. The summed E-state index contributed by atoms with van der Waals surface area (Å²) in [5.41, 5.74) is 1.48.